The summed E-state index contributed by atoms with van der Waals surface area (Å²) in [5, 5.41) is 17.0. The first-order chi connectivity index (χ1) is 19.8. The van der Waals surface area contributed by atoms with Crippen LogP contribution in [0.3, 0.4) is 0 Å². The molecule has 3 heterocycles. The van der Waals surface area contributed by atoms with Gasteiger partial charge in [-0.25, -0.2) is 0 Å². The Kier molecular flexibility index (Phi) is 7.09. The van der Waals surface area contributed by atoms with Crippen molar-refractivity contribution in [3.05, 3.63) is 101 Å². The maximum absolute atomic E-state index is 14.4. The SMILES string of the molecule is C[C@@]12CCC3(O1)C(C(=O)Nc1ccc(Cl)cc1)N([C@H](CO)c1ccccc1)C(=O)[C@@H]3[C@@H]2C(=O)NCc1ccccc1. The van der Waals surface area contributed by atoms with E-state index in [1.165, 1.54) is 4.90 Å². The molecular formula is C32H32ClN3O5. The minimum Gasteiger partial charge on any atom is -0.394 e. The lowest BCUT2D eigenvalue weighted by Gasteiger charge is -2.37. The zero-order valence-corrected chi connectivity index (χ0v) is 23.4. The highest BCUT2D eigenvalue weighted by Crippen LogP contribution is 2.64. The summed E-state index contributed by atoms with van der Waals surface area (Å²) in [6, 6.07) is 23.5. The molecule has 0 saturated carbocycles. The van der Waals surface area contributed by atoms with Crippen molar-refractivity contribution >= 4 is 35.0 Å². The molecule has 2 unspecified atom stereocenters. The highest BCUT2D eigenvalue weighted by Gasteiger charge is 2.78. The first kappa shape index (κ1) is 27.4. The van der Waals surface area contributed by atoms with Gasteiger partial charge in [-0.3, -0.25) is 14.4 Å². The number of rotatable bonds is 8. The van der Waals surface area contributed by atoms with Crippen molar-refractivity contribution in [3.8, 4) is 0 Å². The molecule has 3 amide bonds. The second-order valence-corrected chi connectivity index (χ2v) is 11.7. The Morgan fingerprint density at radius 1 is 1.00 bits per heavy atom. The van der Waals surface area contributed by atoms with Gasteiger partial charge < -0.3 is 25.4 Å². The Morgan fingerprint density at radius 3 is 2.32 bits per heavy atom. The molecule has 41 heavy (non-hydrogen) atoms. The van der Waals surface area contributed by atoms with E-state index in [4.69, 9.17) is 16.3 Å². The molecule has 6 rings (SSSR count). The van der Waals surface area contributed by atoms with E-state index >= 15 is 0 Å². The van der Waals surface area contributed by atoms with E-state index in [0.717, 1.165) is 5.56 Å². The number of nitrogens with one attached hydrogen (secondary N) is 2. The summed E-state index contributed by atoms with van der Waals surface area (Å²) in [5.74, 6) is -2.76. The monoisotopic (exact) mass is 573 g/mol. The average molecular weight is 574 g/mol. The fraction of sp³-hybridized carbons (Fsp3) is 0.344. The van der Waals surface area contributed by atoms with E-state index in [1.807, 2.05) is 67.6 Å². The molecule has 212 valence electrons. The number of amides is 3. The van der Waals surface area contributed by atoms with Crippen LogP contribution in [-0.4, -0.2) is 51.6 Å². The smallest absolute Gasteiger partial charge is 0.250 e. The normalized spacial score (nSPS) is 28.8. The van der Waals surface area contributed by atoms with Crippen molar-refractivity contribution in [2.75, 3.05) is 11.9 Å². The highest BCUT2D eigenvalue weighted by molar-refractivity contribution is 6.30. The number of fused-ring (bicyclic) bond motifs is 1. The van der Waals surface area contributed by atoms with Gasteiger partial charge >= 0.3 is 0 Å². The van der Waals surface area contributed by atoms with Crippen LogP contribution in [-0.2, 0) is 25.7 Å². The first-order valence-electron chi connectivity index (χ1n) is 13.8. The third-order valence-electron chi connectivity index (χ3n) is 8.86. The molecule has 3 saturated heterocycles. The van der Waals surface area contributed by atoms with Crippen molar-refractivity contribution in [2.45, 2.75) is 49.6 Å². The molecule has 3 aromatic rings. The number of halogens is 1. The molecule has 1 spiro atoms. The van der Waals surface area contributed by atoms with E-state index < -0.39 is 47.6 Å². The van der Waals surface area contributed by atoms with Gasteiger partial charge in [0.25, 0.3) is 0 Å². The predicted molar refractivity (Wildman–Crippen MR) is 154 cm³/mol. The second kappa shape index (κ2) is 10.6. The number of likely N-dealkylation sites (tertiary alicyclic amines) is 1. The standard InChI is InChI=1S/C32H32ClN3O5/c1-31-16-17-32(41-31)26(25(31)28(38)34-18-20-8-4-2-5-9-20)30(40)36(24(19-37)21-10-6-3-7-11-21)27(32)29(39)35-23-14-12-22(33)13-15-23/h2-15,24-27,37H,16-19H2,1H3,(H,34,38)(H,35,39)/t24-,25-,26+,27?,31+,32?/m1/s1. The zero-order chi connectivity index (χ0) is 28.8. The Morgan fingerprint density at radius 2 is 1.66 bits per heavy atom. The quantitative estimate of drug-likeness (QED) is 0.376. The minimum absolute atomic E-state index is 0.282. The Balaban J connectivity index is 1.38. The summed E-state index contributed by atoms with van der Waals surface area (Å²) in [5.41, 5.74) is 0.0127. The lowest BCUT2D eigenvalue weighted by Crippen LogP contribution is -2.54. The molecule has 8 nitrogen and oxygen atoms in total. The number of benzene rings is 3. The number of carbonyl (C=O) groups is 3. The van der Waals surface area contributed by atoms with Gasteiger partial charge in [0.05, 0.1) is 30.1 Å². The van der Waals surface area contributed by atoms with Crippen molar-refractivity contribution in [1.82, 2.24) is 10.2 Å². The van der Waals surface area contributed by atoms with Crippen LogP contribution in [0.2, 0.25) is 5.02 Å². The molecule has 0 aromatic heterocycles. The summed E-state index contributed by atoms with van der Waals surface area (Å²) in [6.07, 6.45) is 0.957. The number of carbonyl (C=O) groups excluding carboxylic acids is 3. The largest absolute Gasteiger partial charge is 0.394 e. The van der Waals surface area contributed by atoms with Crippen molar-refractivity contribution < 1.29 is 24.2 Å². The van der Waals surface area contributed by atoms with E-state index in [1.54, 1.807) is 24.3 Å². The van der Waals surface area contributed by atoms with E-state index in [9.17, 15) is 19.5 Å². The number of hydrogen-bond donors (Lipinski definition) is 3. The Labute approximate surface area is 243 Å². The Bertz CT molecular complexity index is 1450. The number of ether oxygens (including phenoxy) is 1. The van der Waals surface area contributed by atoms with Crippen molar-refractivity contribution in [3.63, 3.8) is 0 Å². The summed E-state index contributed by atoms with van der Waals surface area (Å²) in [7, 11) is 0. The molecule has 3 fully saturated rings. The zero-order valence-electron chi connectivity index (χ0n) is 22.6. The molecule has 2 bridgehead atoms. The van der Waals surface area contributed by atoms with Crippen LogP contribution in [0.25, 0.3) is 0 Å². The minimum atomic E-state index is -1.22. The molecule has 3 aromatic carbocycles. The maximum atomic E-state index is 14.4. The molecule has 9 heteroatoms. The fourth-order valence-electron chi connectivity index (χ4n) is 7.07. The lowest BCUT2D eigenvalue weighted by atomic mass is 9.66. The maximum Gasteiger partial charge on any atom is 0.250 e. The van der Waals surface area contributed by atoms with Gasteiger partial charge in [0.15, 0.2) is 0 Å². The van der Waals surface area contributed by atoms with Crippen LogP contribution >= 0.6 is 11.6 Å². The van der Waals surface area contributed by atoms with Crippen LogP contribution in [0.4, 0.5) is 5.69 Å². The third kappa shape index (κ3) is 4.60. The van der Waals surface area contributed by atoms with Gasteiger partial charge in [-0.15, -0.1) is 0 Å². The summed E-state index contributed by atoms with van der Waals surface area (Å²) in [4.78, 5) is 43.8. The molecule has 3 aliphatic rings. The molecule has 6 atom stereocenters. The first-order valence-corrected chi connectivity index (χ1v) is 14.2. The van der Waals surface area contributed by atoms with Crippen LogP contribution < -0.4 is 10.6 Å². The van der Waals surface area contributed by atoms with Crippen LogP contribution in [0, 0.1) is 11.8 Å². The molecule has 0 radical (unpaired) electrons. The third-order valence-corrected chi connectivity index (χ3v) is 9.11. The van der Waals surface area contributed by atoms with Crippen LogP contribution in [0.1, 0.15) is 36.9 Å². The Hall–Kier alpha value is -3.72. The number of aliphatic hydroxyl groups is 1. The summed E-state index contributed by atoms with van der Waals surface area (Å²) >= 11 is 6.04. The van der Waals surface area contributed by atoms with Gasteiger partial charge in [-0.1, -0.05) is 72.3 Å². The van der Waals surface area contributed by atoms with Gasteiger partial charge in [-0.05, 0) is 55.2 Å². The molecule has 3 aliphatic heterocycles. The summed E-state index contributed by atoms with van der Waals surface area (Å²) < 4.78 is 6.69. The van der Waals surface area contributed by atoms with Crippen LogP contribution in [0.15, 0.2) is 84.9 Å². The fourth-order valence-corrected chi connectivity index (χ4v) is 7.19. The van der Waals surface area contributed by atoms with Crippen molar-refractivity contribution in [2.24, 2.45) is 11.8 Å². The predicted octanol–water partition coefficient (Wildman–Crippen LogP) is 4.09. The highest BCUT2D eigenvalue weighted by atomic mass is 35.5. The average Bonchev–Trinajstić information content (AvgIpc) is 3.55. The summed E-state index contributed by atoms with van der Waals surface area (Å²) in [6.45, 7) is 1.78. The van der Waals surface area contributed by atoms with E-state index in [-0.39, 0.29) is 11.8 Å². The molecular weight excluding hydrogens is 542 g/mol. The number of hydrogen-bond acceptors (Lipinski definition) is 5. The number of nitrogens with zero attached hydrogens (tertiary/aromatic N) is 1. The molecule has 3 N–H and O–H groups in total. The topological polar surface area (TPSA) is 108 Å². The van der Waals surface area contributed by atoms with Crippen LogP contribution in [0.5, 0.6) is 0 Å². The van der Waals surface area contributed by atoms with Crippen molar-refractivity contribution in [1.29, 1.82) is 0 Å². The molecule has 0 aliphatic carbocycles. The number of anilines is 1. The number of aliphatic hydroxyl groups excluding tert-OH is 1. The van der Waals surface area contributed by atoms with E-state index in [0.29, 0.717) is 35.7 Å². The second-order valence-electron chi connectivity index (χ2n) is 11.3. The van der Waals surface area contributed by atoms with Gasteiger partial charge in [0.1, 0.15) is 11.6 Å². The van der Waals surface area contributed by atoms with E-state index in [2.05, 4.69) is 10.6 Å². The van der Waals surface area contributed by atoms with Gasteiger partial charge in [0, 0.05) is 17.3 Å². The van der Waals surface area contributed by atoms with Gasteiger partial charge in [-0.2, -0.15) is 0 Å². The lowest BCUT2D eigenvalue weighted by molar-refractivity contribution is -0.148. The van der Waals surface area contributed by atoms with Gasteiger partial charge in [0.2, 0.25) is 17.7 Å².